The molecule has 20 heavy (non-hydrogen) atoms. The molecule has 0 saturated heterocycles. The largest absolute Gasteiger partial charge is 0.310 e. The van der Waals surface area contributed by atoms with E-state index in [9.17, 15) is 0 Å². The van der Waals surface area contributed by atoms with E-state index in [-0.39, 0.29) is 0 Å². The summed E-state index contributed by atoms with van der Waals surface area (Å²) in [5.41, 5.74) is 4.56. The number of aromatic nitrogens is 5. The van der Waals surface area contributed by atoms with E-state index in [0.717, 1.165) is 24.4 Å². The Labute approximate surface area is 120 Å². The van der Waals surface area contributed by atoms with E-state index in [1.54, 1.807) is 4.68 Å². The van der Waals surface area contributed by atoms with Gasteiger partial charge >= 0.3 is 0 Å². The summed E-state index contributed by atoms with van der Waals surface area (Å²) < 4.78 is 3.74. The normalized spacial score (nSPS) is 12.8. The first kappa shape index (κ1) is 14.7. The Morgan fingerprint density at radius 3 is 2.60 bits per heavy atom. The predicted octanol–water partition coefficient (Wildman–Crippen LogP) is 1.74. The molecule has 0 aliphatic heterocycles. The fourth-order valence-corrected chi connectivity index (χ4v) is 2.69. The van der Waals surface area contributed by atoms with Gasteiger partial charge in [0.25, 0.3) is 0 Å². The fourth-order valence-electron chi connectivity index (χ4n) is 2.69. The van der Waals surface area contributed by atoms with Crippen molar-refractivity contribution in [2.75, 3.05) is 6.54 Å². The second-order valence-electron chi connectivity index (χ2n) is 5.14. The molecule has 0 saturated carbocycles. The Hall–Kier alpha value is -1.69. The van der Waals surface area contributed by atoms with Crippen LogP contribution in [-0.2, 0) is 13.6 Å². The first-order valence-corrected chi connectivity index (χ1v) is 7.19. The highest BCUT2D eigenvalue weighted by Gasteiger charge is 2.19. The molecule has 0 aliphatic carbocycles. The van der Waals surface area contributed by atoms with Crippen molar-refractivity contribution in [1.82, 2.24) is 30.1 Å². The van der Waals surface area contributed by atoms with Crippen LogP contribution in [0.5, 0.6) is 0 Å². The van der Waals surface area contributed by atoms with Gasteiger partial charge in [-0.2, -0.15) is 5.10 Å². The molecule has 0 bridgehead atoms. The van der Waals surface area contributed by atoms with E-state index < -0.39 is 0 Å². The van der Waals surface area contributed by atoms with Gasteiger partial charge in [0.1, 0.15) is 5.69 Å². The van der Waals surface area contributed by atoms with Gasteiger partial charge in [0, 0.05) is 30.5 Å². The van der Waals surface area contributed by atoms with E-state index in [1.165, 1.54) is 11.3 Å². The van der Waals surface area contributed by atoms with Crippen LogP contribution in [0.15, 0.2) is 6.20 Å². The SMILES string of the molecule is CCNC(CC)c1c(C)nn(Cc2cn(C)nn2)c1C. The van der Waals surface area contributed by atoms with Crippen LogP contribution in [0.4, 0.5) is 0 Å². The van der Waals surface area contributed by atoms with Crippen molar-refractivity contribution >= 4 is 0 Å². The topological polar surface area (TPSA) is 60.6 Å². The number of rotatable bonds is 6. The van der Waals surface area contributed by atoms with E-state index in [0.29, 0.717) is 12.6 Å². The van der Waals surface area contributed by atoms with E-state index in [1.807, 2.05) is 17.9 Å². The van der Waals surface area contributed by atoms with Crippen LogP contribution in [0.3, 0.4) is 0 Å². The molecule has 6 heteroatoms. The Balaban J connectivity index is 2.28. The van der Waals surface area contributed by atoms with E-state index in [2.05, 4.69) is 48.4 Å². The maximum Gasteiger partial charge on any atom is 0.104 e. The Bertz CT molecular complexity index is 568. The lowest BCUT2D eigenvalue weighted by molar-refractivity contribution is 0.531. The van der Waals surface area contributed by atoms with E-state index >= 15 is 0 Å². The highest BCUT2D eigenvalue weighted by atomic mass is 15.4. The molecule has 0 fully saturated rings. The Morgan fingerprint density at radius 2 is 2.05 bits per heavy atom. The van der Waals surface area contributed by atoms with Gasteiger partial charge in [-0.15, -0.1) is 5.10 Å². The van der Waals surface area contributed by atoms with E-state index in [4.69, 9.17) is 0 Å². The lowest BCUT2D eigenvalue weighted by Crippen LogP contribution is -2.21. The molecule has 2 rings (SSSR count). The molecule has 2 heterocycles. The van der Waals surface area contributed by atoms with Gasteiger partial charge in [-0.1, -0.05) is 19.1 Å². The molecule has 1 unspecified atom stereocenters. The second-order valence-corrected chi connectivity index (χ2v) is 5.14. The molecule has 6 nitrogen and oxygen atoms in total. The van der Waals surface area contributed by atoms with Crippen molar-refractivity contribution in [3.05, 3.63) is 28.8 Å². The number of hydrogen-bond acceptors (Lipinski definition) is 4. The van der Waals surface area contributed by atoms with Crippen LogP contribution in [-0.4, -0.2) is 31.3 Å². The molecule has 1 atom stereocenters. The fraction of sp³-hybridized carbons (Fsp3) is 0.643. The number of nitrogens with one attached hydrogen (secondary N) is 1. The van der Waals surface area contributed by atoms with Gasteiger partial charge in [0.2, 0.25) is 0 Å². The second kappa shape index (κ2) is 6.17. The third-order valence-electron chi connectivity index (χ3n) is 3.61. The highest BCUT2D eigenvalue weighted by molar-refractivity contribution is 5.28. The van der Waals surface area contributed by atoms with Crippen LogP contribution in [0, 0.1) is 13.8 Å². The summed E-state index contributed by atoms with van der Waals surface area (Å²) in [4.78, 5) is 0. The lowest BCUT2D eigenvalue weighted by Gasteiger charge is -2.16. The maximum absolute atomic E-state index is 4.67. The summed E-state index contributed by atoms with van der Waals surface area (Å²) in [5.74, 6) is 0. The van der Waals surface area contributed by atoms with Gasteiger partial charge < -0.3 is 5.32 Å². The quantitative estimate of drug-likeness (QED) is 0.873. The summed E-state index contributed by atoms with van der Waals surface area (Å²) in [5, 5.41) is 16.3. The van der Waals surface area contributed by atoms with Crippen LogP contribution in [0.2, 0.25) is 0 Å². The molecule has 0 spiro atoms. The Kier molecular flexibility index (Phi) is 4.54. The molecule has 2 aromatic heterocycles. The third-order valence-corrected chi connectivity index (χ3v) is 3.61. The first-order chi connectivity index (χ1) is 9.56. The average molecular weight is 276 g/mol. The molecule has 1 N–H and O–H groups in total. The lowest BCUT2D eigenvalue weighted by atomic mass is 10.0. The summed E-state index contributed by atoms with van der Waals surface area (Å²) in [7, 11) is 1.88. The predicted molar refractivity (Wildman–Crippen MR) is 78.5 cm³/mol. The zero-order valence-electron chi connectivity index (χ0n) is 13.0. The monoisotopic (exact) mass is 276 g/mol. The summed E-state index contributed by atoms with van der Waals surface area (Å²) in [6, 6.07) is 0.371. The number of hydrogen-bond donors (Lipinski definition) is 1. The zero-order chi connectivity index (χ0) is 14.7. The van der Waals surface area contributed by atoms with Crippen LogP contribution < -0.4 is 5.32 Å². The standard InChI is InChI=1S/C14H24N6/c1-6-13(15-7-2)14-10(3)17-20(11(14)4)9-12-8-19(5)18-16-12/h8,13,15H,6-7,9H2,1-5H3. The molecule has 110 valence electrons. The molecule has 0 aromatic carbocycles. The smallest absolute Gasteiger partial charge is 0.104 e. The molecule has 0 amide bonds. The van der Waals surface area contributed by atoms with Gasteiger partial charge in [-0.25, -0.2) is 0 Å². The molecule has 2 aromatic rings. The van der Waals surface area contributed by atoms with Crippen LogP contribution in [0.1, 0.15) is 49.0 Å². The van der Waals surface area contributed by atoms with Crippen molar-refractivity contribution < 1.29 is 0 Å². The van der Waals surface area contributed by atoms with Gasteiger partial charge in [0.15, 0.2) is 0 Å². The van der Waals surface area contributed by atoms with Gasteiger partial charge in [-0.05, 0) is 26.8 Å². The molecular formula is C14H24N6. The van der Waals surface area contributed by atoms with Gasteiger partial charge in [0.05, 0.1) is 12.2 Å². The summed E-state index contributed by atoms with van der Waals surface area (Å²) in [6.45, 7) is 10.2. The minimum atomic E-state index is 0.371. The molecule has 0 aliphatic rings. The highest BCUT2D eigenvalue weighted by Crippen LogP contribution is 2.24. The number of nitrogens with zero attached hydrogens (tertiary/aromatic N) is 5. The summed E-state index contributed by atoms with van der Waals surface area (Å²) in [6.07, 6.45) is 2.99. The van der Waals surface area contributed by atoms with Crippen molar-refractivity contribution in [2.45, 2.75) is 46.7 Å². The summed E-state index contributed by atoms with van der Waals surface area (Å²) >= 11 is 0. The Morgan fingerprint density at radius 1 is 1.30 bits per heavy atom. The third kappa shape index (κ3) is 2.90. The molecular weight excluding hydrogens is 252 g/mol. The van der Waals surface area contributed by atoms with Crippen LogP contribution in [0.25, 0.3) is 0 Å². The van der Waals surface area contributed by atoms with Crippen molar-refractivity contribution in [3.8, 4) is 0 Å². The van der Waals surface area contributed by atoms with Crippen molar-refractivity contribution in [2.24, 2.45) is 7.05 Å². The van der Waals surface area contributed by atoms with Crippen molar-refractivity contribution in [1.29, 1.82) is 0 Å². The number of aryl methyl sites for hydroxylation is 2. The van der Waals surface area contributed by atoms with Gasteiger partial charge in [-0.3, -0.25) is 9.36 Å². The minimum absolute atomic E-state index is 0.371. The first-order valence-electron chi connectivity index (χ1n) is 7.19. The maximum atomic E-state index is 4.67. The van der Waals surface area contributed by atoms with Crippen LogP contribution >= 0.6 is 0 Å². The zero-order valence-corrected chi connectivity index (χ0v) is 13.0. The van der Waals surface area contributed by atoms with Crippen molar-refractivity contribution in [3.63, 3.8) is 0 Å². The molecule has 0 radical (unpaired) electrons. The average Bonchev–Trinajstić information content (AvgIpc) is 2.93. The minimum Gasteiger partial charge on any atom is -0.310 e.